The van der Waals surface area contributed by atoms with Gasteiger partial charge in [-0.15, -0.1) is 0 Å². The molecule has 2 amide bonds. The highest BCUT2D eigenvalue weighted by Gasteiger charge is 2.14. The predicted octanol–water partition coefficient (Wildman–Crippen LogP) is -0.578. The lowest BCUT2D eigenvalue weighted by Crippen LogP contribution is -2.39. The standard InChI is InChI=1S/C10H10ClN9O2/c11-6-8(13)18-7(12)5(17-6)9(21)15-3-16-19-10(22)20-2-1-14-4-20/h1-4H,(H,19,22)(H4,12,13,18)(H,15,16,21). The molecular formula is C10H10ClN9O2. The largest absolute Gasteiger partial charge is 0.382 e. The van der Waals surface area contributed by atoms with E-state index in [1.54, 1.807) is 0 Å². The number of amides is 2. The van der Waals surface area contributed by atoms with Gasteiger partial charge in [0.05, 0.1) is 0 Å². The van der Waals surface area contributed by atoms with Crippen molar-refractivity contribution in [2.45, 2.75) is 0 Å². The summed E-state index contributed by atoms with van der Waals surface area (Å²) >= 11 is 5.65. The maximum Gasteiger partial charge on any atom is 0.345 e. The fourth-order valence-electron chi connectivity index (χ4n) is 1.29. The molecular weight excluding hydrogens is 314 g/mol. The van der Waals surface area contributed by atoms with Crippen LogP contribution in [0.15, 0.2) is 23.7 Å². The van der Waals surface area contributed by atoms with Crippen LogP contribution in [0.2, 0.25) is 5.15 Å². The lowest BCUT2D eigenvalue weighted by atomic mass is 10.4. The molecule has 12 heteroatoms. The normalized spacial score (nSPS) is 10.6. The molecule has 2 heterocycles. The van der Waals surface area contributed by atoms with Crippen LogP contribution in [0.1, 0.15) is 10.5 Å². The number of carbonyl (C=O) groups is 2. The molecule has 0 radical (unpaired) electrons. The maximum atomic E-state index is 11.8. The van der Waals surface area contributed by atoms with Gasteiger partial charge in [0, 0.05) is 12.4 Å². The molecule has 114 valence electrons. The minimum Gasteiger partial charge on any atom is -0.382 e. The first kappa shape index (κ1) is 15.2. The average molecular weight is 324 g/mol. The van der Waals surface area contributed by atoms with Crippen LogP contribution in [0.3, 0.4) is 0 Å². The number of halogens is 1. The number of aliphatic imine (C=N–C) groups is 1. The highest BCUT2D eigenvalue weighted by atomic mass is 35.5. The van der Waals surface area contributed by atoms with E-state index in [0.717, 1.165) is 6.34 Å². The molecule has 0 aliphatic rings. The number of anilines is 2. The summed E-state index contributed by atoms with van der Waals surface area (Å²) in [4.78, 5) is 37.8. The summed E-state index contributed by atoms with van der Waals surface area (Å²) in [5, 5.41) is -0.158. The Hall–Kier alpha value is -3.21. The van der Waals surface area contributed by atoms with Gasteiger partial charge in [-0.3, -0.25) is 14.8 Å². The van der Waals surface area contributed by atoms with Crippen LogP contribution in [0.25, 0.3) is 0 Å². The van der Waals surface area contributed by atoms with Crippen LogP contribution in [0, 0.1) is 0 Å². The van der Waals surface area contributed by atoms with Crippen molar-refractivity contribution in [1.82, 2.24) is 30.4 Å². The molecule has 0 bridgehead atoms. The van der Waals surface area contributed by atoms with E-state index in [2.05, 4.69) is 30.8 Å². The topological polar surface area (TPSA) is 166 Å². The van der Waals surface area contributed by atoms with E-state index in [4.69, 9.17) is 23.1 Å². The smallest absolute Gasteiger partial charge is 0.345 e. The van der Waals surface area contributed by atoms with Crippen molar-refractivity contribution in [1.29, 1.82) is 0 Å². The van der Waals surface area contributed by atoms with Crippen molar-refractivity contribution in [3.63, 3.8) is 0 Å². The van der Waals surface area contributed by atoms with Gasteiger partial charge in [-0.1, -0.05) is 11.6 Å². The lowest BCUT2D eigenvalue weighted by molar-refractivity contribution is 0.0999. The summed E-state index contributed by atoms with van der Waals surface area (Å²) in [5.41, 5.74) is 15.2. The Kier molecular flexibility index (Phi) is 4.48. The number of hydrazine groups is 1. The van der Waals surface area contributed by atoms with E-state index in [1.165, 1.54) is 23.3 Å². The number of nitrogens with two attached hydrogens (primary N) is 2. The zero-order valence-corrected chi connectivity index (χ0v) is 11.7. The van der Waals surface area contributed by atoms with Gasteiger partial charge in [-0.2, -0.15) is 4.99 Å². The molecule has 2 aromatic rings. The van der Waals surface area contributed by atoms with E-state index in [-0.39, 0.29) is 22.5 Å². The fourth-order valence-corrected chi connectivity index (χ4v) is 1.42. The van der Waals surface area contributed by atoms with Crippen LogP contribution < -0.4 is 22.3 Å². The second-order valence-corrected chi connectivity index (χ2v) is 4.10. The first-order valence-electron chi connectivity index (χ1n) is 5.68. The summed E-state index contributed by atoms with van der Waals surface area (Å²) in [5.74, 6) is -1.10. The number of nitrogens with zero attached hydrogens (tertiary/aromatic N) is 5. The summed E-state index contributed by atoms with van der Waals surface area (Å²) in [6, 6.07) is -0.522. The van der Waals surface area contributed by atoms with Gasteiger partial charge in [0.15, 0.2) is 22.5 Å². The summed E-state index contributed by atoms with van der Waals surface area (Å²) in [6.45, 7) is 0. The van der Waals surface area contributed by atoms with E-state index in [1.807, 2.05) is 0 Å². The number of hydrogen-bond donors (Lipinski definition) is 4. The van der Waals surface area contributed by atoms with Crippen molar-refractivity contribution in [3.05, 3.63) is 29.6 Å². The summed E-state index contributed by atoms with van der Waals surface area (Å²) in [7, 11) is 0. The first-order valence-corrected chi connectivity index (χ1v) is 6.06. The number of aromatic nitrogens is 4. The molecule has 11 nitrogen and oxygen atoms in total. The molecule has 0 aliphatic heterocycles. The predicted molar refractivity (Wildman–Crippen MR) is 78.0 cm³/mol. The Labute approximate surface area is 128 Å². The Morgan fingerprint density at radius 3 is 2.77 bits per heavy atom. The molecule has 0 unspecified atom stereocenters. The van der Waals surface area contributed by atoms with Gasteiger partial charge in [0.1, 0.15) is 12.7 Å². The number of carbonyl (C=O) groups excluding carboxylic acids is 2. The molecule has 0 saturated heterocycles. The van der Waals surface area contributed by atoms with Gasteiger partial charge in [-0.05, 0) is 0 Å². The van der Waals surface area contributed by atoms with Crippen LogP contribution in [-0.4, -0.2) is 37.8 Å². The van der Waals surface area contributed by atoms with E-state index in [0.29, 0.717) is 0 Å². The number of imidazole rings is 1. The molecule has 0 aromatic carbocycles. The Balaban J connectivity index is 1.95. The van der Waals surface area contributed by atoms with Crippen molar-refractivity contribution < 1.29 is 9.59 Å². The van der Waals surface area contributed by atoms with Gasteiger partial charge in [-0.25, -0.2) is 25.2 Å². The molecule has 0 aliphatic carbocycles. The quantitative estimate of drug-likeness (QED) is 0.330. The van der Waals surface area contributed by atoms with E-state index < -0.39 is 11.9 Å². The second kappa shape index (κ2) is 6.49. The molecule has 0 spiro atoms. The molecule has 2 rings (SSSR count). The van der Waals surface area contributed by atoms with E-state index in [9.17, 15) is 9.59 Å². The van der Waals surface area contributed by atoms with Crippen molar-refractivity contribution in [3.8, 4) is 0 Å². The third-order valence-corrected chi connectivity index (χ3v) is 2.55. The zero-order chi connectivity index (χ0) is 16.1. The fraction of sp³-hybridized carbons (Fsp3) is 0. The highest BCUT2D eigenvalue weighted by Crippen LogP contribution is 2.17. The SMILES string of the molecule is Nc1nc(N)c(C(=O)N=CNNC(=O)n2ccnc2)nc1Cl. The van der Waals surface area contributed by atoms with Crippen molar-refractivity contribution >= 4 is 41.5 Å². The summed E-state index contributed by atoms with van der Waals surface area (Å²) in [6.07, 6.45) is 5.12. The summed E-state index contributed by atoms with van der Waals surface area (Å²) < 4.78 is 1.17. The molecule has 0 saturated carbocycles. The number of nitrogen functional groups attached to an aromatic ring is 2. The molecule has 0 fully saturated rings. The number of hydrogen-bond acceptors (Lipinski definition) is 7. The van der Waals surface area contributed by atoms with Crippen molar-refractivity contribution in [2.75, 3.05) is 11.5 Å². The number of rotatable bonds is 3. The van der Waals surface area contributed by atoms with Gasteiger partial charge >= 0.3 is 11.9 Å². The Morgan fingerprint density at radius 2 is 2.09 bits per heavy atom. The van der Waals surface area contributed by atoms with Crippen molar-refractivity contribution in [2.24, 2.45) is 4.99 Å². The Morgan fingerprint density at radius 1 is 1.32 bits per heavy atom. The van der Waals surface area contributed by atoms with Crippen LogP contribution >= 0.6 is 11.6 Å². The monoisotopic (exact) mass is 323 g/mol. The lowest BCUT2D eigenvalue weighted by Gasteiger charge is -2.04. The minimum atomic E-state index is -0.809. The van der Waals surface area contributed by atoms with E-state index >= 15 is 0 Å². The molecule has 2 aromatic heterocycles. The maximum absolute atomic E-state index is 11.8. The average Bonchev–Trinajstić information content (AvgIpc) is 3.01. The second-order valence-electron chi connectivity index (χ2n) is 3.74. The number of nitrogens with one attached hydrogen (secondary N) is 2. The van der Waals surface area contributed by atoms with Gasteiger partial charge < -0.3 is 11.5 Å². The third kappa shape index (κ3) is 3.46. The highest BCUT2D eigenvalue weighted by molar-refractivity contribution is 6.31. The van der Waals surface area contributed by atoms with Crippen LogP contribution in [0.4, 0.5) is 16.4 Å². The van der Waals surface area contributed by atoms with Crippen LogP contribution in [0.5, 0.6) is 0 Å². The molecule has 22 heavy (non-hydrogen) atoms. The first-order chi connectivity index (χ1) is 10.5. The van der Waals surface area contributed by atoms with Crippen LogP contribution in [-0.2, 0) is 0 Å². The Bertz CT molecular complexity index is 728. The zero-order valence-electron chi connectivity index (χ0n) is 10.9. The van der Waals surface area contributed by atoms with Gasteiger partial charge in [0.2, 0.25) is 0 Å². The van der Waals surface area contributed by atoms with Gasteiger partial charge in [0.25, 0.3) is 0 Å². The molecule has 6 N–H and O–H groups in total. The minimum absolute atomic E-state index is 0.0922. The molecule has 0 atom stereocenters. The third-order valence-electron chi connectivity index (χ3n) is 2.27.